The van der Waals surface area contributed by atoms with Gasteiger partial charge < -0.3 is 9.05 Å². The van der Waals surface area contributed by atoms with Gasteiger partial charge in [0.25, 0.3) is 0 Å². The van der Waals surface area contributed by atoms with Crippen LogP contribution in [-0.2, 0) is 13.6 Å². The minimum atomic E-state index is -2.79. The van der Waals surface area contributed by atoms with Crippen molar-refractivity contribution in [1.29, 1.82) is 0 Å². The lowest BCUT2D eigenvalue weighted by atomic mass is 10.1. The molecule has 3 nitrogen and oxygen atoms in total. The van der Waals surface area contributed by atoms with Crippen molar-refractivity contribution < 1.29 is 13.6 Å². The maximum atomic E-state index is 11.7. The molecule has 0 aromatic carbocycles. The van der Waals surface area contributed by atoms with Crippen LogP contribution in [0.5, 0.6) is 0 Å². The number of hydrogen-bond donors (Lipinski definition) is 0. The van der Waals surface area contributed by atoms with Crippen LogP contribution in [0.1, 0.15) is 40.0 Å². The zero-order valence-corrected chi connectivity index (χ0v) is 10.7. The van der Waals surface area contributed by atoms with Gasteiger partial charge in [-0.2, -0.15) is 0 Å². The average molecular weight is 222 g/mol. The standard InChI is InChI=1S/C10H23O3P/c1-5-7-8-12-14(4,11)13-9-10(3)6-2/h10H,5-9H2,1-4H3. The molecule has 0 aromatic rings. The first-order chi connectivity index (χ1) is 6.52. The van der Waals surface area contributed by atoms with Crippen molar-refractivity contribution in [1.82, 2.24) is 0 Å². The van der Waals surface area contributed by atoms with Crippen molar-refractivity contribution in [2.45, 2.75) is 40.0 Å². The van der Waals surface area contributed by atoms with E-state index in [1.54, 1.807) is 6.66 Å². The van der Waals surface area contributed by atoms with Crippen LogP contribution in [-0.4, -0.2) is 19.9 Å². The van der Waals surface area contributed by atoms with Crippen LogP contribution in [0.4, 0.5) is 0 Å². The Balaban J connectivity index is 3.66. The third kappa shape index (κ3) is 7.54. The predicted octanol–water partition coefficient (Wildman–Crippen LogP) is 3.69. The highest BCUT2D eigenvalue weighted by Gasteiger charge is 2.17. The average Bonchev–Trinajstić information content (AvgIpc) is 2.14. The molecule has 0 saturated carbocycles. The lowest BCUT2D eigenvalue weighted by molar-refractivity contribution is 0.184. The molecule has 0 aliphatic heterocycles. The topological polar surface area (TPSA) is 35.5 Å². The van der Waals surface area contributed by atoms with Gasteiger partial charge in [0, 0.05) is 6.66 Å². The zero-order chi connectivity index (χ0) is 11.0. The van der Waals surface area contributed by atoms with Gasteiger partial charge in [0.15, 0.2) is 0 Å². The summed E-state index contributed by atoms with van der Waals surface area (Å²) in [6.45, 7) is 8.84. The molecule has 14 heavy (non-hydrogen) atoms. The molecule has 0 aliphatic rings. The van der Waals surface area contributed by atoms with Gasteiger partial charge in [-0.25, -0.2) is 0 Å². The van der Waals surface area contributed by atoms with Gasteiger partial charge >= 0.3 is 7.60 Å². The van der Waals surface area contributed by atoms with E-state index in [1.165, 1.54) is 0 Å². The van der Waals surface area contributed by atoms with Crippen molar-refractivity contribution in [2.24, 2.45) is 5.92 Å². The Morgan fingerprint density at radius 1 is 1.29 bits per heavy atom. The highest BCUT2D eigenvalue weighted by Crippen LogP contribution is 2.44. The van der Waals surface area contributed by atoms with Crippen molar-refractivity contribution in [3.63, 3.8) is 0 Å². The van der Waals surface area contributed by atoms with Crippen LogP contribution < -0.4 is 0 Å². The second-order valence-electron chi connectivity index (χ2n) is 3.77. The van der Waals surface area contributed by atoms with Crippen molar-refractivity contribution in [2.75, 3.05) is 19.9 Å². The van der Waals surface area contributed by atoms with Gasteiger partial charge in [0.2, 0.25) is 0 Å². The summed E-state index contributed by atoms with van der Waals surface area (Å²) < 4.78 is 22.1. The highest BCUT2D eigenvalue weighted by atomic mass is 31.2. The van der Waals surface area contributed by atoms with Gasteiger partial charge in [-0.05, 0) is 12.3 Å². The summed E-state index contributed by atoms with van der Waals surface area (Å²) in [4.78, 5) is 0. The summed E-state index contributed by atoms with van der Waals surface area (Å²) >= 11 is 0. The highest BCUT2D eigenvalue weighted by molar-refractivity contribution is 7.52. The first kappa shape index (κ1) is 14.2. The van der Waals surface area contributed by atoms with Crippen LogP contribution in [0.2, 0.25) is 0 Å². The Hall–Kier alpha value is 0.150. The van der Waals surface area contributed by atoms with Gasteiger partial charge in [-0.15, -0.1) is 0 Å². The molecule has 0 aliphatic carbocycles. The van der Waals surface area contributed by atoms with E-state index in [-0.39, 0.29) is 0 Å². The third-order valence-electron chi connectivity index (χ3n) is 2.11. The Morgan fingerprint density at radius 2 is 1.93 bits per heavy atom. The molecule has 0 radical (unpaired) electrons. The second kappa shape index (κ2) is 7.44. The maximum absolute atomic E-state index is 11.7. The van der Waals surface area contributed by atoms with E-state index in [9.17, 15) is 4.57 Å². The fraction of sp³-hybridized carbons (Fsp3) is 1.00. The number of rotatable bonds is 8. The maximum Gasteiger partial charge on any atom is 0.327 e. The molecule has 0 aromatic heterocycles. The Bertz CT molecular complexity index is 182. The van der Waals surface area contributed by atoms with Crippen molar-refractivity contribution >= 4 is 7.60 Å². The summed E-state index contributed by atoms with van der Waals surface area (Å²) in [5.74, 6) is 0.443. The lowest BCUT2D eigenvalue weighted by Gasteiger charge is -2.16. The molecule has 4 heteroatoms. The van der Waals surface area contributed by atoms with E-state index >= 15 is 0 Å². The number of unbranched alkanes of at least 4 members (excludes halogenated alkanes) is 1. The Kier molecular flexibility index (Phi) is 7.52. The summed E-state index contributed by atoms with van der Waals surface area (Å²) in [6, 6.07) is 0. The SMILES string of the molecule is CCCCOP(C)(=O)OCC(C)CC. The Morgan fingerprint density at radius 3 is 2.43 bits per heavy atom. The molecular weight excluding hydrogens is 199 g/mol. The molecule has 2 unspecified atom stereocenters. The van der Waals surface area contributed by atoms with Crippen molar-refractivity contribution in [3.05, 3.63) is 0 Å². The Labute approximate surface area is 87.7 Å². The van der Waals surface area contributed by atoms with Crippen LogP contribution in [0, 0.1) is 5.92 Å². The minimum Gasteiger partial charge on any atom is -0.309 e. The van der Waals surface area contributed by atoms with Gasteiger partial charge in [0.05, 0.1) is 13.2 Å². The van der Waals surface area contributed by atoms with E-state index in [2.05, 4.69) is 20.8 Å². The van der Waals surface area contributed by atoms with E-state index in [4.69, 9.17) is 9.05 Å². The molecule has 0 N–H and O–H groups in total. The molecule has 0 heterocycles. The molecule has 2 atom stereocenters. The first-order valence-corrected chi connectivity index (χ1v) is 7.37. The monoisotopic (exact) mass is 222 g/mol. The minimum absolute atomic E-state index is 0.443. The predicted molar refractivity (Wildman–Crippen MR) is 59.8 cm³/mol. The zero-order valence-electron chi connectivity index (χ0n) is 9.78. The largest absolute Gasteiger partial charge is 0.327 e. The first-order valence-electron chi connectivity index (χ1n) is 5.38. The molecule has 0 spiro atoms. The smallest absolute Gasteiger partial charge is 0.309 e. The molecule has 0 saturated heterocycles. The normalized spacial score (nSPS) is 17.7. The summed E-state index contributed by atoms with van der Waals surface area (Å²) in [6.07, 6.45) is 3.02. The summed E-state index contributed by atoms with van der Waals surface area (Å²) in [7, 11) is -2.79. The molecule has 86 valence electrons. The lowest BCUT2D eigenvalue weighted by Crippen LogP contribution is -2.04. The quantitative estimate of drug-likeness (QED) is 0.464. The molecule has 0 rings (SSSR count). The molecule has 0 fully saturated rings. The second-order valence-corrected chi connectivity index (χ2v) is 5.83. The van der Waals surface area contributed by atoms with Crippen LogP contribution >= 0.6 is 7.60 Å². The summed E-state index contributed by atoms with van der Waals surface area (Å²) in [5.41, 5.74) is 0. The van der Waals surface area contributed by atoms with E-state index in [1.807, 2.05) is 0 Å². The van der Waals surface area contributed by atoms with Gasteiger partial charge in [-0.1, -0.05) is 33.6 Å². The summed E-state index contributed by atoms with van der Waals surface area (Å²) in [5, 5.41) is 0. The fourth-order valence-electron chi connectivity index (χ4n) is 0.792. The molecule has 0 amide bonds. The van der Waals surface area contributed by atoms with E-state index < -0.39 is 7.60 Å². The van der Waals surface area contributed by atoms with Crippen LogP contribution in [0.3, 0.4) is 0 Å². The van der Waals surface area contributed by atoms with Crippen molar-refractivity contribution in [3.8, 4) is 0 Å². The fourth-order valence-corrected chi connectivity index (χ4v) is 1.85. The molecular formula is C10H23O3P. The van der Waals surface area contributed by atoms with E-state index in [0.717, 1.165) is 19.3 Å². The number of hydrogen-bond acceptors (Lipinski definition) is 3. The van der Waals surface area contributed by atoms with Crippen LogP contribution in [0.25, 0.3) is 0 Å². The van der Waals surface area contributed by atoms with Gasteiger partial charge in [-0.3, -0.25) is 4.57 Å². The van der Waals surface area contributed by atoms with Crippen LogP contribution in [0.15, 0.2) is 0 Å². The van der Waals surface area contributed by atoms with Gasteiger partial charge in [0.1, 0.15) is 0 Å². The van der Waals surface area contributed by atoms with E-state index in [0.29, 0.717) is 19.1 Å². The third-order valence-corrected chi connectivity index (χ3v) is 3.38. The molecule has 0 bridgehead atoms.